The van der Waals surface area contributed by atoms with E-state index in [1.165, 1.54) is 13.2 Å². The van der Waals surface area contributed by atoms with Gasteiger partial charge in [-0.05, 0) is 42.8 Å². The monoisotopic (exact) mass is 386 g/mol. The minimum atomic E-state index is -0.818. The lowest BCUT2D eigenvalue weighted by molar-refractivity contribution is -0.114. The van der Waals surface area contributed by atoms with Gasteiger partial charge in [-0.2, -0.15) is 5.26 Å². The first-order valence-electron chi connectivity index (χ1n) is 8.06. The Hall–Kier alpha value is -3.17. The molecule has 0 aromatic heterocycles. The maximum Gasteiger partial charge on any atom is 0.259 e. The second-order valence-electron chi connectivity index (χ2n) is 5.58. The van der Waals surface area contributed by atoms with Crippen LogP contribution in [0.4, 0.5) is 0 Å². The molecular formula is C20H19ClN2O4. The molecule has 0 aliphatic carbocycles. The van der Waals surface area contributed by atoms with Crippen molar-refractivity contribution in [3.8, 4) is 23.3 Å². The summed E-state index contributed by atoms with van der Waals surface area (Å²) in [5.74, 6) is 0.645. The van der Waals surface area contributed by atoms with Crippen molar-refractivity contribution in [2.24, 2.45) is 5.73 Å². The summed E-state index contributed by atoms with van der Waals surface area (Å²) < 4.78 is 16.6. The predicted molar refractivity (Wildman–Crippen MR) is 103 cm³/mol. The number of primary amides is 1. The molecule has 0 bridgehead atoms. The van der Waals surface area contributed by atoms with E-state index < -0.39 is 5.91 Å². The lowest BCUT2D eigenvalue weighted by Crippen LogP contribution is -2.12. The molecule has 0 atom stereocenters. The van der Waals surface area contributed by atoms with Gasteiger partial charge in [-0.1, -0.05) is 29.3 Å². The Kier molecular flexibility index (Phi) is 7.09. The smallest absolute Gasteiger partial charge is 0.259 e. The number of hydrogen-bond acceptors (Lipinski definition) is 5. The Morgan fingerprint density at radius 3 is 2.48 bits per heavy atom. The Labute approximate surface area is 162 Å². The molecule has 0 aliphatic heterocycles. The molecule has 140 valence electrons. The van der Waals surface area contributed by atoms with E-state index in [9.17, 15) is 4.79 Å². The Bertz CT molecular complexity index is 886. The van der Waals surface area contributed by atoms with Crippen LogP contribution in [-0.4, -0.2) is 26.2 Å². The standard InChI is InChI=1S/C20H19ClN2O4/c1-13-3-5-16(6-4-13)26-7-8-27-19-17(21)10-14(11-18(19)25-2)9-15(12-22)20(23)24/h3-6,9-11H,7-8H2,1-2H3,(H2,23,24)/b15-9+. The number of carbonyl (C=O) groups excluding carboxylic acids is 1. The summed E-state index contributed by atoms with van der Waals surface area (Å²) >= 11 is 6.26. The fourth-order valence-electron chi connectivity index (χ4n) is 2.23. The number of halogens is 1. The van der Waals surface area contributed by atoms with Gasteiger partial charge in [0.1, 0.15) is 30.6 Å². The number of methoxy groups -OCH3 is 1. The highest BCUT2D eigenvalue weighted by atomic mass is 35.5. The summed E-state index contributed by atoms with van der Waals surface area (Å²) in [5.41, 5.74) is 6.60. The van der Waals surface area contributed by atoms with Crippen LogP contribution in [0.25, 0.3) is 6.08 Å². The van der Waals surface area contributed by atoms with Gasteiger partial charge in [0, 0.05) is 0 Å². The molecule has 2 N–H and O–H groups in total. The molecule has 2 aromatic rings. The van der Waals surface area contributed by atoms with Gasteiger partial charge in [0.05, 0.1) is 12.1 Å². The van der Waals surface area contributed by atoms with E-state index in [1.807, 2.05) is 31.2 Å². The molecule has 0 unspecified atom stereocenters. The SMILES string of the molecule is COc1cc(/C=C(\C#N)C(N)=O)cc(Cl)c1OCCOc1ccc(C)cc1. The Morgan fingerprint density at radius 1 is 1.22 bits per heavy atom. The van der Waals surface area contributed by atoms with Gasteiger partial charge in [0.2, 0.25) is 0 Å². The molecule has 2 aromatic carbocycles. The number of aryl methyl sites for hydroxylation is 1. The number of nitrogens with two attached hydrogens (primary N) is 1. The average molecular weight is 387 g/mol. The van der Waals surface area contributed by atoms with Crippen molar-refractivity contribution in [1.82, 2.24) is 0 Å². The highest BCUT2D eigenvalue weighted by molar-refractivity contribution is 6.32. The molecule has 27 heavy (non-hydrogen) atoms. The van der Waals surface area contributed by atoms with Crippen molar-refractivity contribution in [3.05, 3.63) is 58.1 Å². The highest BCUT2D eigenvalue weighted by Crippen LogP contribution is 2.37. The molecule has 6 nitrogen and oxygen atoms in total. The third-order valence-electron chi connectivity index (χ3n) is 3.57. The second-order valence-corrected chi connectivity index (χ2v) is 5.99. The van der Waals surface area contributed by atoms with Gasteiger partial charge >= 0.3 is 0 Å². The minimum absolute atomic E-state index is 0.187. The molecule has 0 radical (unpaired) electrons. The zero-order valence-corrected chi connectivity index (χ0v) is 15.7. The number of benzene rings is 2. The van der Waals surface area contributed by atoms with Gasteiger partial charge in [-0.25, -0.2) is 0 Å². The van der Waals surface area contributed by atoms with Gasteiger partial charge < -0.3 is 19.9 Å². The molecule has 0 aliphatic rings. The van der Waals surface area contributed by atoms with E-state index in [2.05, 4.69) is 0 Å². The second kappa shape index (κ2) is 9.51. The average Bonchev–Trinajstić information content (AvgIpc) is 2.65. The number of amides is 1. The van der Waals surface area contributed by atoms with Crippen molar-refractivity contribution >= 4 is 23.6 Å². The van der Waals surface area contributed by atoms with Crippen LogP contribution in [0.2, 0.25) is 5.02 Å². The third-order valence-corrected chi connectivity index (χ3v) is 3.85. The summed E-state index contributed by atoms with van der Waals surface area (Å²) in [4.78, 5) is 11.2. The van der Waals surface area contributed by atoms with Crippen LogP contribution in [0.5, 0.6) is 17.2 Å². The maximum absolute atomic E-state index is 11.2. The van der Waals surface area contributed by atoms with Crippen LogP contribution in [0.15, 0.2) is 42.0 Å². The summed E-state index contributed by atoms with van der Waals surface area (Å²) in [6, 6.07) is 12.6. The van der Waals surface area contributed by atoms with E-state index in [0.29, 0.717) is 23.7 Å². The number of carbonyl (C=O) groups is 1. The lowest BCUT2D eigenvalue weighted by atomic mass is 10.1. The predicted octanol–water partition coefficient (Wildman–Crippen LogP) is 3.51. The van der Waals surface area contributed by atoms with Crippen LogP contribution in [0.1, 0.15) is 11.1 Å². The zero-order chi connectivity index (χ0) is 19.8. The molecular weight excluding hydrogens is 368 g/mol. The number of ether oxygens (including phenoxy) is 3. The summed E-state index contributed by atoms with van der Waals surface area (Å²) in [7, 11) is 1.47. The van der Waals surface area contributed by atoms with Crippen molar-refractivity contribution in [1.29, 1.82) is 5.26 Å². The van der Waals surface area contributed by atoms with E-state index in [4.69, 9.17) is 36.8 Å². The first-order valence-corrected chi connectivity index (χ1v) is 8.43. The number of rotatable bonds is 8. The molecule has 0 spiro atoms. The summed E-state index contributed by atoms with van der Waals surface area (Å²) in [6.07, 6.45) is 1.33. The van der Waals surface area contributed by atoms with Crippen LogP contribution < -0.4 is 19.9 Å². The lowest BCUT2D eigenvalue weighted by Gasteiger charge is -2.14. The summed E-state index contributed by atoms with van der Waals surface area (Å²) in [5, 5.41) is 9.21. The highest BCUT2D eigenvalue weighted by Gasteiger charge is 2.13. The van der Waals surface area contributed by atoms with E-state index in [-0.39, 0.29) is 17.2 Å². The van der Waals surface area contributed by atoms with Crippen LogP contribution in [-0.2, 0) is 4.79 Å². The maximum atomic E-state index is 11.2. The zero-order valence-electron chi connectivity index (χ0n) is 15.0. The molecule has 0 saturated heterocycles. The topological polar surface area (TPSA) is 94.6 Å². The summed E-state index contributed by atoms with van der Waals surface area (Å²) in [6.45, 7) is 2.58. The van der Waals surface area contributed by atoms with Gasteiger partial charge in [0.15, 0.2) is 11.5 Å². The quantitative estimate of drug-likeness (QED) is 0.425. The van der Waals surface area contributed by atoms with E-state index in [0.717, 1.165) is 11.3 Å². The molecule has 7 heteroatoms. The minimum Gasteiger partial charge on any atom is -0.493 e. The van der Waals surface area contributed by atoms with Crippen LogP contribution in [0, 0.1) is 18.3 Å². The normalized spacial score (nSPS) is 10.8. The molecule has 0 heterocycles. The Balaban J connectivity index is 2.07. The van der Waals surface area contributed by atoms with Gasteiger partial charge in [0.25, 0.3) is 5.91 Å². The van der Waals surface area contributed by atoms with Crippen molar-refractivity contribution in [2.75, 3.05) is 20.3 Å². The third kappa shape index (κ3) is 5.66. The van der Waals surface area contributed by atoms with Gasteiger partial charge in [-0.15, -0.1) is 0 Å². The largest absolute Gasteiger partial charge is 0.493 e. The van der Waals surface area contributed by atoms with Gasteiger partial charge in [-0.3, -0.25) is 4.79 Å². The van der Waals surface area contributed by atoms with Crippen LogP contribution in [0.3, 0.4) is 0 Å². The van der Waals surface area contributed by atoms with Crippen molar-refractivity contribution in [2.45, 2.75) is 6.92 Å². The first kappa shape index (κ1) is 20.1. The molecule has 2 rings (SSSR count). The fraction of sp³-hybridized carbons (Fsp3) is 0.200. The fourth-order valence-corrected chi connectivity index (χ4v) is 2.50. The van der Waals surface area contributed by atoms with Crippen LogP contribution >= 0.6 is 11.6 Å². The number of hydrogen-bond donors (Lipinski definition) is 1. The molecule has 1 amide bonds. The molecule has 0 fully saturated rings. The molecule has 0 saturated carbocycles. The van der Waals surface area contributed by atoms with Crippen molar-refractivity contribution < 1.29 is 19.0 Å². The van der Waals surface area contributed by atoms with Crippen molar-refractivity contribution in [3.63, 3.8) is 0 Å². The van der Waals surface area contributed by atoms with E-state index in [1.54, 1.807) is 18.2 Å². The first-order chi connectivity index (χ1) is 12.9. The Morgan fingerprint density at radius 2 is 1.89 bits per heavy atom. The number of nitrogens with zero attached hydrogens (tertiary/aromatic N) is 1. The van der Waals surface area contributed by atoms with E-state index >= 15 is 0 Å². The number of nitriles is 1.